The van der Waals surface area contributed by atoms with E-state index in [-0.39, 0.29) is 31.9 Å². The maximum absolute atomic E-state index is 13.6. The van der Waals surface area contributed by atoms with Crippen molar-refractivity contribution >= 4 is 15.9 Å². The van der Waals surface area contributed by atoms with Crippen molar-refractivity contribution < 1.29 is 22.0 Å². The van der Waals surface area contributed by atoms with E-state index in [2.05, 4.69) is 0 Å². The van der Waals surface area contributed by atoms with E-state index in [9.17, 15) is 22.0 Å². The Morgan fingerprint density at radius 3 is 2.14 bits per heavy atom. The summed E-state index contributed by atoms with van der Waals surface area (Å²) in [6.45, 7) is 2.05. The highest BCUT2D eigenvalue weighted by Crippen LogP contribution is 2.17. The van der Waals surface area contributed by atoms with Gasteiger partial charge in [0.2, 0.25) is 10.0 Å². The molecule has 8 heteroatoms. The summed E-state index contributed by atoms with van der Waals surface area (Å²) >= 11 is 0. The molecular weight excluding hydrogens is 302 g/mol. The maximum atomic E-state index is 13.6. The van der Waals surface area contributed by atoms with Crippen LogP contribution in [-0.2, 0) is 10.0 Å². The van der Waals surface area contributed by atoms with E-state index < -0.39 is 33.1 Å². The Morgan fingerprint density at radius 2 is 1.67 bits per heavy atom. The van der Waals surface area contributed by atoms with Crippen LogP contribution in [0, 0.1) is 11.6 Å². The lowest BCUT2D eigenvalue weighted by Gasteiger charge is -2.33. The molecule has 0 aromatic heterocycles. The van der Waals surface area contributed by atoms with Crippen LogP contribution in [0.3, 0.4) is 0 Å². The Labute approximate surface area is 122 Å². The summed E-state index contributed by atoms with van der Waals surface area (Å²) in [7, 11) is -3.30. The average Bonchev–Trinajstić information content (AvgIpc) is 2.47. The van der Waals surface area contributed by atoms with Crippen LogP contribution in [-0.4, -0.2) is 55.5 Å². The van der Waals surface area contributed by atoms with Crippen molar-refractivity contribution in [1.82, 2.24) is 9.21 Å². The first kappa shape index (κ1) is 15.8. The Bertz CT molecular complexity index is 621. The van der Waals surface area contributed by atoms with Crippen molar-refractivity contribution in [1.29, 1.82) is 0 Å². The number of piperazine rings is 1. The molecule has 1 aromatic carbocycles. The molecule has 1 amide bonds. The van der Waals surface area contributed by atoms with Crippen LogP contribution < -0.4 is 0 Å². The maximum Gasteiger partial charge on any atom is 0.259 e. The summed E-state index contributed by atoms with van der Waals surface area (Å²) in [6.07, 6.45) is 0. The number of hydrogen-bond acceptors (Lipinski definition) is 3. The molecule has 0 bridgehead atoms. The Balaban J connectivity index is 2.11. The number of hydrogen-bond donors (Lipinski definition) is 0. The van der Waals surface area contributed by atoms with Gasteiger partial charge in [0.25, 0.3) is 5.91 Å². The molecule has 1 aliphatic rings. The lowest BCUT2D eigenvalue weighted by molar-refractivity contribution is 0.0688. The normalized spacial score (nSPS) is 17.0. The van der Waals surface area contributed by atoms with Gasteiger partial charge < -0.3 is 4.90 Å². The minimum Gasteiger partial charge on any atom is -0.336 e. The lowest BCUT2D eigenvalue weighted by atomic mass is 10.1. The second-order valence-electron chi connectivity index (χ2n) is 4.69. The first-order chi connectivity index (χ1) is 9.86. The lowest BCUT2D eigenvalue weighted by Crippen LogP contribution is -2.51. The van der Waals surface area contributed by atoms with E-state index in [1.165, 1.54) is 15.3 Å². The van der Waals surface area contributed by atoms with Gasteiger partial charge in [-0.1, -0.05) is 6.07 Å². The zero-order valence-electron chi connectivity index (χ0n) is 11.6. The van der Waals surface area contributed by atoms with Gasteiger partial charge in [-0.3, -0.25) is 4.79 Å². The van der Waals surface area contributed by atoms with Crippen LogP contribution in [0.25, 0.3) is 0 Å². The van der Waals surface area contributed by atoms with E-state index in [1.807, 2.05) is 0 Å². The second kappa shape index (κ2) is 6.07. The standard InChI is InChI=1S/C13H16F2N2O3S/c1-2-21(19,20)17-8-6-16(7-9-17)13(18)12-10(14)4-3-5-11(12)15/h3-5H,2,6-9H2,1H3. The quantitative estimate of drug-likeness (QED) is 0.838. The van der Waals surface area contributed by atoms with E-state index in [1.54, 1.807) is 6.92 Å². The number of benzene rings is 1. The summed E-state index contributed by atoms with van der Waals surface area (Å²) in [6, 6.07) is 3.23. The summed E-state index contributed by atoms with van der Waals surface area (Å²) in [5.74, 6) is -2.59. The Morgan fingerprint density at radius 1 is 1.14 bits per heavy atom. The van der Waals surface area contributed by atoms with Gasteiger partial charge in [0.15, 0.2) is 0 Å². The van der Waals surface area contributed by atoms with Gasteiger partial charge in [-0.2, -0.15) is 4.31 Å². The summed E-state index contributed by atoms with van der Waals surface area (Å²) < 4.78 is 51.9. The minimum absolute atomic E-state index is 0.0110. The zero-order chi connectivity index (χ0) is 15.6. The van der Waals surface area contributed by atoms with Crippen LogP contribution in [0.1, 0.15) is 17.3 Å². The zero-order valence-corrected chi connectivity index (χ0v) is 12.4. The van der Waals surface area contributed by atoms with Crippen molar-refractivity contribution in [3.8, 4) is 0 Å². The van der Waals surface area contributed by atoms with Crippen molar-refractivity contribution in [2.24, 2.45) is 0 Å². The molecule has 2 rings (SSSR count). The van der Waals surface area contributed by atoms with Gasteiger partial charge in [0.05, 0.1) is 5.75 Å². The number of nitrogens with zero attached hydrogens (tertiary/aromatic N) is 2. The SMILES string of the molecule is CCS(=O)(=O)N1CCN(C(=O)c2c(F)cccc2F)CC1. The van der Waals surface area contributed by atoms with Crippen LogP contribution >= 0.6 is 0 Å². The molecule has 0 atom stereocenters. The highest BCUT2D eigenvalue weighted by atomic mass is 32.2. The highest BCUT2D eigenvalue weighted by molar-refractivity contribution is 7.89. The van der Waals surface area contributed by atoms with E-state index >= 15 is 0 Å². The molecule has 0 saturated carbocycles. The topological polar surface area (TPSA) is 57.7 Å². The van der Waals surface area contributed by atoms with Crippen LogP contribution in [0.15, 0.2) is 18.2 Å². The summed E-state index contributed by atoms with van der Waals surface area (Å²) in [5.41, 5.74) is -0.593. The molecule has 1 saturated heterocycles. The molecule has 0 unspecified atom stereocenters. The minimum atomic E-state index is -3.30. The van der Waals surface area contributed by atoms with Crippen molar-refractivity contribution in [3.05, 3.63) is 35.4 Å². The van der Waals surface area contributed by atoms with Crippen LogP contribution in [0.4, 0.5) is 8.78 Å². The number of carbonyl (C=O) groups excluding carboxylic acids is 1. The molecule has 0 radical (unpaired) electrons. The molecule has 0 aliphatic carbocycles. The molecule has 1 aromatic rings. The molecule has 1 heterocycles. The molecule has 21 heavy (non-hydrogen) atoms. The van der Waals surface area contributed by atoms with Gasteiger partial charge >= 0.3 is 0 Å². The molecule has 0 spiro atoms. The third kappa shape index (κ3) is 3.21. The van der Waals surface area contributed by atoms with Gasteiger partial charge in [-0.15, -0.1) is 0 Å². The number of sulfonamides is 1. The first-order valence-corrected chi connectivity index (χ1v) is 8.19. The largest absolute Gasteiger partial charge is 0.336 e. The average molecular weight is 318 g/mol. The van der Waals surface area contributed by atoms with Gasteiger partial charge in [-0.05, 0) is 19.1 Å². The third-order valence-electron chi connectivity index (χ3n) is 3.46. The first-order valence-electron chi connectivity index (χ1n) is 6.58. The fourth-order valence-electron chi connectivity index (χ4n) is 2.21. The molecule has 0 N–H and O–H groups in total. The van der Waals surface area contributed by atoms with E-state index in [4.69, 9.17) is 0 Å². The van der Waals surface area contributed by atoms with Gasteiger partial charge in [0.1, 0.15) is 17.2 Å². The predicted molar refractivity (Wildman–Crippen MR) is 73.3 cm³/mol. The van der Waals surface area contributed by atoms with Gasteiger partial charge in [0, 0.05) is 26.2 Å². The molecule has 116 valence electrons. The molecule has 1 fully saturated rings. The van der Waals surface area contributed by atoms with Crippen molar-refractivity contribution in [3.63, 3.8) is 0 Å². The molecule has 1 aliphatic heterocycles. The summed E-state index contributed by atoms with van der Waals surface area (Å²) in [5, 5.41) is 0. The third-order valence-corrected chi connectivity index (χ3v) is 5.34. The number of carbonyl (C=O) groups is 1. The number of amides is 1. The monoisotopic (exact) mass is 318 g/mol. The fraction of sp³-hybridized carbons (Fsp3) is 0.462. The van der Waals surface area contributed by atoms with Crippen molar-refractivity contribution in [2.45, 2.75) is 6.92 Å². The van der Waals surface area contributed by atoms with Crippen LogP contribution in [0.5, 0.6) is 0 Å². The fourth-order valence-corrected chi connectivity index (χ4v) is 3.30. The second-order valence-corrected chi connectivity index (χ2v) is 6.95. The number of rotatable bonds is 3. The number of halogens is 2. The van der Waals surface area contributed by atoms with Crippen molar-refractivity contribution in [2.75, 3.05) is 31.9 Å². The van der Waals surface area contributed by atoms with Crippen LogP contribution in [0.2, 0.25) is 0 Å². The smallest absolute Gasteiger partial charge is 0.259 e. The Hall–Kier alpha value is -1.54. The molecular formula is C13H16F2N2O3S. The predicted octanol–water partition coefficient (Wildman–Crippen LogP) is 1.07. The van der Waals surface area contributed by atoms with E-state index in [0.717, 1.165) is 12.1 Å². The highest BCUT2D eigenvalue weighted by Gasteiger charge is 2.30. The van der Waals surface area contributed by atoms with E-state index in [0.29, 0.717) is 0 Å². The Kier molecular flexibility index (Phi) is 4.58. The summed E-state index contributed by atoms with van der Waals surface area (Å²) in [4.78, 5) is 13.4. The van der Waals surface area contributed by atoms with Gasteiger partial charge in [-0.25, -0.2) is 17.2 Å². The molecule has 5 nitrogen and oxygen atoms in total.